The highest BCUT2D eigenvalue weighted by atomic mass is 16.5. The van der Waals surface area contributed by atoms with Crippen molar-refractivity contribution >= 4 is 17.5 Å². The molecule has 0 aliphatic heterocycles. The molecule has 0 aliphatic rings. The summed E-state index contributed by atoms with van der Waals surface area (Å²) in [6.07, 6.45) is 0. The molecule has 5 nitrogen and oxygen atoms in total. The van der Waals surface area contributed by atoms with Gasteiger partial charge >= 0.3 is 0 Å². The van der Waals surface area contributed by atoms with Crippen molar-refractivity contribution in [1.82, 2.24) is 5.32 Å². The van der Waals surface area contributed by atoms with E-state index in [0.29, 0.717) is 11.3 Å². The number of amides is 2. The number of methoxy groups -OCH3 is 1. The lowest BCUT2D eigenvalue weighted by Crippen LogP contribution is -2.33. The smallest absolute Gasteiger partial charge is 0.255 e. The molecular formula is C18H20N2O3. The summed E-state index contributed by atoms with van der Waals surface area (Å²) >= 11 is 0. The third-order valence-electron chi connectivity index (χ3n) is 3.51. The second kappa shape index (κ2) is 7.45. The number of carbonyl (C=O) groups excluding carboxylic acids is 2. The van der Waals surface area contributed by atoms with Gasteiger partial charge in [0.15, 0.2) is 0 Å². The number of anilines is 1. The van der Waals surface area contributed by atoms with Crippen LogP contribution in [-0.2, 0) is 4.79 Å². The number of benzene rings is 2. The second-order valence-electron chi connectivity index (χ2n) is 5.20. The van der Waals surface area contributed by atoms with E-state index in [1.165, 1.54) is 7.11 Å². The maximum atomic E-state index is 12.1. The van der Waals surface area contributed by atoms with E-state index in [0.717, 1.165) is 16.8 Å². The first-order valence-electron chi connectivity index (χ1n) is 7.30. The summed E-state index contributed by atoms with van der Waals surface area (Å²) in [6.45, 7) is 3.75. The Balaban J connectivity index is 1.98. The van der Waals surface area contributed by atoms with Crippen LogP contribution in [0.4, 0.5) is 5.69 Å². The summed E-state index contributed by atoms with van der Waals surface area (Å²) < 4.78 is 5.14. The Morgan fingerprint density at radius 3 is 2.30 bits per heavy atom. The van der Waals surface area contributed by atoms with Gasteiger partial charge in [0.25, 0.3) is 5.91 Å². The summed E-state index contributed by atoms with van der Waals surface area (Å²) in [5.74, 6) is -0.148. The number of aryl methyl sites for hydroxylation is 2. The molecule has 2 aromatic carbocycles. The molecule has 5 heteroatoms. The van der Waals surface area contributed by atoms with Crippen LogP contribution >= 0.6 is 0 Å². The second-order valence-corrected chi connectivity index (χ2v) is 5.20. The highest BCUT2D eigenvalue weighted by Crippen LogP contribution is 2.19. The van der Waals surface area contributed by atoms with Gasteiger partial charge in [-0.15, -0.1) is 0 Å². The molecule has 0 radical (unpaired) electrons. The van der Waals surface area contributed by atoms with Crippen molar-refractivity contribution in [1.29, 1.82) is 0 Å². The van der Waals surface area contributed by atoms with Gasteiger partial charge in [-0.25, -0.2) is 0 Å². The zero-order valence-corrected chi connectivity index (χ0v) is 13.5. The highest BCUT2D eigenvalue weighted by molar-refractivity contribution is 6.01. The number of ether oxygens (including phenoxy) is 1. The quantitative estimate of drug-likeness (QED) is 0.892. The topological polar surface area (TPSA) is 67.4 Å². The Kier molecular flexibility index (Phi) is 5.36. The maximum Gasteiger partial charge on any atom is 0.255 e. The van der Waals surface area contributed by atoms with Crippen LogP contribution < -0.4 is 15.4 Å². The van der Waals surface area contributed by atoms with E-state index in [9.17, 15) is 9.59 Å². The van der Waals surface area contributed by atoms with Gasteiger partial charge in [-0.1, -0.05) is 30.3 Å². The molecule has 0 spiro atoms. The number of hydrogen-bond acceptors (Lipinski definition) is 3. The molecule has 0 bridgehead atoms. The van der Waals surface area contributed by atoms with Crippen molar-refractivity contribution in [3.8, 4) is 5.75 Å². The zero-order chi connectivity index (χ0) is 16.8. The third-order valence-corrected chi connectivity index (χ3v) is 3.51. The Hall–Kier alpha value is -2.82. The third kappa shape index (κ3) is 4.10. The zero-order valence-electron chi connectivity index (χ0n) is 13.5. The van der Waals surface area contributed by atoms with Crippen LogP contribution in [0.15, 0.2) is 42.5 Å². The van der Waals surface area contributed by atoms with E-state index >= 15 is 0 Å². The minimum Gasteiger partial charge on any atom is -0.496 e. The van der Waals surface area contributed by atoms with Crippen LogP contribution in [-0.4, -0.2) is 25.5 Å². The first kappa shape index (κ1) is 16.5. The molecule has 0 aromatic heterocycles. The first-order chi connectivity index (χ1) is 11.0. The lowest BCUT2D eigenvalue weighted by Gasteiger charge is -2.12. The maximum absolute atomic E-state index is 12.1. The number of hydrogen-bond donors (Lipinski definition) is 2. The average Bonchev–Trinajstić information content (AvgIpc) is 2.56. The minimum absolute atomic E-state index is 0.106. The molecule has 0 saturated carbocycles. The molecule has 0 heterocycles. The van der Waals surface area contributed by atoms with E-state index < -0.39 is 0 Å². The van der Waals surface area contributed by atoms with E-state index in [-0.39, 0.29) is 18.4 Å². The summed E-state index contributed by atoms with van der Waals surface area (Å²) in [6, 6.07) is 12.7. The van der Waals surface area contributed by atoms with Gasteiger partial charge in [0.05, 0.1) is 19.2 Å². The van der Waals surface area contributed by atoms with Crippen LogP contribution in [0, 0.1) is 13.8 Å². The van der Waals surface area contributed by atoms with Gasteiger partial charge in [0, 0.05) is 5.69 Å². The van der Waals surface area contributed by atoms with Crippen molar-refractivity contribution in [3.05, 3.63) is 59.2 Å². The van der Waals surface area contributed by atoms with E-state index in [1.54, 1.807) is 24.3 Å². The molecule has 0 aliphatic carbocycles. The molecule has 0 unspecified atom stereocenters. The largest absolute Gasteiger partial charge is 0.496 e. The van der Waals surface area contributed by atoms with Crippen LogP contribution in [0.2, 0.25) is 0 Å². The predicted molar refractivity (Wildman–Crippen MR) is 89.9 cm³/mol. The van der Waals surface area contributed by atoms with Gasteiger partial charge in [0.1, 0.15) is 5.75 Å². The Morgan fingerprint density at radius 2 is 1.65 bits per heavy atom. The standard InChI is InChI=1S/C18H20N2O3/c1-12-7-6-8-13(2)17(12)20-16(21)11-19-18(22)14-9-4-5-10-15(14)23-3/h4-10H,11H2,1-3H3,(H,19,22)(H,20,21). The number of para-hydroxylation sites is 2. The molecule has 2 N–H and O–H groups in total. The highest BCUT2D eigenvalue weighted by Gasteiger charge is 2.13. The fraction of sp³-hybridized carbons (Fsp3) is 0.222. The van der Waals surface area contributed by atoms with Gasteiger partial charge in [-0.05, 0) is 37.1 Å². The fourth-order valence-corrected chi connectivity index (χ4v) is 2.28. The van der Waals surface area contributed by atoms with Crippen LogP contribution in [0.1, 0.15) is 21.5 Å². The van der Waals surface area contributed by atoms with Crippen molar-refractivity contribution < 1.29 is 14.3 Å². The fourth-order valence-electron chi connectivity index (χ4n) is 2.28. The Morgan fingerprint density at radius 1 is 1.00 bits per heavy atom. The van der Waals surface area contributed by atoms with Crippen LogP contribution in [0.3, 0.4) is 0 Å². The lowest BCUT2D eigenvalue weighted by molar-refractivity contribution is -0.115. The average molecular weight is 312 g/mol. The van der Waals surface area contributed by atoms with Gasteiger partial charge in [0.2, 0.25) is 5.91 Å². The molecule has 120 valence electrons. The van der Waals surface area contributed by atoms with Gasteiger partial charge in [-0.2, -0.15) is 0 Å². The Bertz CT molecular complexity index is 706. The van der Waals surface area contributed by atoms with Crippen LogP contribution in [0.5, 0.6) is 5.75 Å². The molecule has 0 saturated heterocycles. The molecule has 2 rings (SSSR count). The normalized spacial score (nSPS) is 10.0. The first-order valence-corrected chi connectivity index (χ1v) is 7.30. The van der Waals surface area contributed by atoms with E-state index in [4.69, 9.17) is 4.74 Å². The number of nitrogens with one attached hydrogen (secondary N) is 2. The lowest BCUT2D eigenvalue weighted by atomic mass is 10.1. The molecular weight excluding hydrogens is 292 g/mol. The molecule has 2 aromatic rings. The number of carbonyl (C=O) groups is 2. The monoisotopic (exact) mass is 312 g/mol. The van der Waals surface area contributed by atoms with E-state index in [2.05, 4.69) is 10.6 Å². The molecule has 2 amide bonds. The van der Waals surface area contributed by atoms with Gasteiger partial charge in [-0.3, -0.25) is 9.59 Å². The van der Waals surface area contributed by atoms with Crippen molar-refractivity contribution in [3.63, 3.8) is 0 Å². The SMILES string of the molecule is COc1ccccc1C(=O)NCC(=O)Nc1c(C)cccc1C. The molecule has 0 atom stereocenters. The van der Waals surface area contributed by atoms with Gasteiger partial charge < -0.3 is 15.4 Å². The Labute approximate surface area is 135 Å². The summed E-state index contributed by atoms with van der Waals surface area (Å²) in [5, 5.41) is 5.43. The summed E-state index contributed by atoms with van der Waals surface area (Å²) in [4.78, 5) is 24.2. The van der Waals surface area contributed by atoms with Crippen molar-refractivity contribution in [2.75, 3.05) is 19.0 Å². The predicted octanol–water partition coefficient (Wildman–Crippen LogP) is 2.68. The van der Waals surface area contributed by atoms with Crippen LogP contribution in [0.25, 0.3) is 0 Å². The molecule has 23 heavy (non-hydrogen) atoms. The van der Waals surface area contributed by atoms with E-state index in [1.807, 2.05) is 32.0 Å². The summed E-state index contributed by atoms with van der Waals surface area (Å²) in [7, 11) is 1.50. The van der Waals surface area contributed by atoms with Crippen molar-refractivity contribution in [2.45, 2.75) is 13.8 Å². The molecule has 0 fully saturated rings. The summed E-state index contributed by atoms with van der Waals surface area (Å²) in [5.41, 5.74) is 3.14. The van der Waals surface area contributed by atoms with Crippen molar-refractivity contribution in [2.24, 2.45) is 0 Å². The minimum atomic E-state index is -0.348. The number of rotatable bonds is 5.